The topological polar surface area (TPSA) is 56.9 Å². The van der Waals surface area contributed by atoms with Crippen LogP contribution in [0.2, 0.25) is 0 Å². The molecule has 0 radical (unpaired) electrons. The third-order valence-electron chi connectivity index (χ3n) is 3.88. The number of aliphatic imine (C=N–C) groups is 1. The Hall–Kier alpha value is -1.13. The van der Waals surface area contributed by atoms with Crippen LogP contribution in [-0.2, 0) is 13.1 Å². The minimum absolute atomic E-state index is 0. The molecule has 2 aromatic heterocycles. The van der Waals surface area contributed by atoms with Gasteiger partial charge in [0.25, 0.3) is 0 Å². The highest BCUT2D eigenvalue weighted by Crippen LogP contribution is 2.10. The van der Waals surface area contributed by atoms with Crippen LogP contribution < -0.4 is 5.32 Å². The van der Waals surface area contributed by atoms with Crippen LogP contribution >= 0.6 is 35.3 Å². The molecule has 2 aromatic rings. The first-order valence-electron chi connectivity index (χ1n) is 8.01. The van der Waals surface area contributed by atoms with E-state index in [0.717, 1.165) is 57.5 Å². The zero-order chi connectivity index (χ0) is 15.9. The Kier molecular flexibility index (Phi) is 8.00. The van der Waals surface area contributed by atoms with E-state index in [0.29, 0.717) is 0 Å². The largest absolute Gasteiger partial charge is 0.364 e. The molecule has 1 aliphatic heterocycles. The van der Waals surface area contributed by atoms with Crippen LogP contribution in [0.5, 0.6) is 0 Å². The van der Waals surface area contributed by atoms with Crippen LogP contribution in [0.3, 0.4) is 0 Å². The molecule has 6 nitrogen and oxygen atoms in total. The van der Waals surface area contributed by atoms with Crippen molar-refractivity contribution in [1.29, 1.82) is 0 Å². The van der Waals surface area contributed by atoms with Crippen LogP contribution in [0.1, 0.15) is 18.2 Å². The molecule has 8 heteroatoms. The van der Waals surface area contributed by atoms with Gasteiger partial charge in [0.05, 0.1) is 12.2 Å². The number of hydrogen-bond acceptors (Lipinski definition) is 5. The van der Waals surface area contributed by atoms with Crippen molar-refractivity contribution < 1.29 is 4.52 Å². The zero-order valence-electron chi connectivity index (χ0n) is 13.9. The van der Waals surface area contributed by atoms with Gasteiger partial charge in [0.2, 0.25) is 0 Å². The first-order valence-corrected chi connectivity index (χ1v) is 8.95. The molecule has 3 heterocycles. The van der Waals surface area contributed by atoms with E-state index in [1.807, 2.05) is 6.07 Å². The van der Waals surface area contributed by atoms with Gasteiger partial charge >= 0.3 is 0 Å². The van der Waals surface area contributed by atoms with Crippen molar-refractivity contribution in [2.24, 2.45) is 4.99 Å². The fourth-order valence-electron chi connectivity index (χ4n) is 2.64. The second kappa shape index (κ2) is 10.00. The minimum atomic E-state index is 0. The Morgan fingerprint density at radius 3 is 2.79 bits per heavy atom. The molecule has 0 amide bonds. The van der Waals surface area contributed by atoms with E-state index in [1.54, 1.807) is 17.6 Å². The third kappa shape index (κ3) is 5.45. The Labute approximate surface area is 163 Å². The summed E-state index contributed by atoms with van der Waals surface area (Å²) in [5, 5.41) is 11.6. The number of aromatic nitrogens is 1. The maximum atomic E-state index is 4.90. The summed E-state index contributed by atoms with van der Waals surface area (Å²) in [4.78, 5) is 9.51. The van der Waals surface area contributed by atoms with E-state index in [-0.39, 0.29) is 24.0 Å². The van der Waals surface area contributed by atoms with E-state index in [1.165, 1.54) is 5.56 Å². The van der Waals surface area contributed by atoms with Gasteiger partial charge in [0, 0.05) is 45.3 Å². The van der Waals surface area contributed by atoms with Gasteiger partial charge in [-0.05, 0) is 29.3 Å². The Morgan fingerprint density at radius 2 is 2.17 bits per heavy atom. The average Bonchev–Trinajstić information content (AvgIpc) is 3.26. The lowest BCUT2D eigenvalue weighted by molar-refractivity contribution is 0.169. The molecular formula is C16H24IN5OS. The first kappa shape index (κ1) is 19.2. The highest BCUT2D eigenvalue weighted by atomic mass is 127. The molecule has 0 saturated carbocycles. The summed E-state index contributed by atoms with van der Waals surface area (Å²) in [5.74, 6) is 1.01. The smallest absolute Gasteiger partial charge is 0.194 e. The number of hydrogen-bond donors (Lipinski definition) is 1. The Balaban J connectivity index is 0.00000208. The van der Waals surface area contributed by atoms with E-state index in [4.69, 9.17) is 9.52 Å². The van der Waals surface area contributed by atoms with Crippen LogP contribution in [0.25, 0.3) is 0 Å². The molecule has 0 spiro atoms. The zero-order valence-corrected chi connectivity index (χ0v) is 17.0. The first-order chi connectivity index (χ1) is 11.3. The molecule has 0 bridgehead atoms. The van der Waals surface area contributed by atoms with Gasteiger partial charge in [-0.2, -0.15) is 11.3 Å². The normalized spacial score (nSPS) is 16.0. The van der Waals surface area contributed by atoms with Crippen molar-refractivity contribution in [2.45, 2.75) is 20.0 Å². The molecule has 132 valence electrons. The lowest BCUT2D eigenvalue weighted by Crippen LogP contribution is -2.52. The number of nitrogens with zero attached hydrogens (tertiary/aromatic N) is 4. The summed E-state index contributed by atoms with van der Waals surface area (Å²) in [6.07, 6.45) is 1.63. The quantitative estimate of drug-likeness (QED) is 0.422. The van der Waals surface area contributed by atoms with Gasteiger partial charge in [-0.3, -0.25) is 4.90 Å². The summed E-state index contributed by atoms with van der Waals surface area (Å²) in [5.41, 5.74) is 2.27. The van der Waals surface area contributed by atoms with E-state index >= 15 is 0 Å². The number of nitrogens with one attached hydrogen (secondary N) is 1. The molecule has 0 unspecified atom stereocenters. The number of rotatable bonds is 5. The van der Waals surface area contributed by atoms with Crippen molar-refractivity contribution in [3.63, 3.8) is 0 Å². The molecule has 0 aromatic carbocycles. The third-order valence-corrected chi connectivity index (χ3v) is 4.61. The lowest BCUT2D eigenvalue weighted by atomic mass is 10.3. The molecule has 0 aliphatic carbocycles. The predicted octanol–water partition coefficient (Wildman–Crippen LogP) is 2.64. The maximum Gasteiger partial charge on any atom is 0.194 e. The van der Waals surface area contributed by atoms with Crippen LogP contribution in [-0.4, -0.2) is 53.6 Å². The fourth-order valence-corrected chi connectivity index (χ4v) is 3.30. The number of guanidine groups is 1. The number of piperazine rings is 1. The van der Waals surface area contributed by atoms with Gasteiger partial charge in [-0.1, -0.05) is 5.16 Å². The van der Waals surface area contributed by atoms with Crippen molar-refractivity contribution in [3.05, 3.63) is 40.4 Å². The van der Waals surface area contributed by atoms with Crippen LogP contribution in [0.15, 0.2) is 38.7 Å². The minimum Gasteiger partial charge on any atom is -0.364 e. The van der Waals surface area contributed by atoms with Crippen LogP contribution in [0, 0.1) is 0 Å². The predicted molar refractivity (Wildman–Crippen MR) is 108 cm³/mol. The Morgan fingerprint density at radius 1 is 1.33 bits per heavy atom. The van der Waals surface area contributed by atoms with Gasteiger partial charge in [0.15, 0.2) is 5.96 Å². The fraction of sp³-hybridized carbons (Fsp3) is 0.500. The molecule has 1 N–H and O–H groups in total. The Bertz CT molecular complexity index is 594. The highest BCUT2D eigenvalue weighted by molar-refractivity contribution is 14.0. The van der Waals surface area contributed by atoms with Crippen LogP contribution in [0.4, 0.5) is 0 Å². The maximum absolute atomic E-state index is 4.90. The standard InChI is InChI=1S/C16H23N5OS.HI/c1-2-17-16(18-11-14-4-10-23-13-14)21-7-5-20(6-8-21)12-15-3-9-22-19-15;/h3-4,9-10,13H,2,5-8,11-12H2,1H3,(H,17,18);1H. The SMILES string of the molecule is CCNC(=NCc1ccsc1)N1CCN(Cc2ccon2)CC1.I. The van der Waals surface area contributed by atoms with E-state index < -0.39 is 0 Å². The molecular weight excluding hydrogens is 437 g/mol. The summed E-state index contributed by atoms with van der Waals surface area (Å²) >= 11 is 1.72. The highest BCUT2D eigenvalue weighted by Gasteiger charge is 2.20. The molecule has 1 fully saturated rings. The second-order valence-electron chi connectivity index (χ2n) is 5.56. The monoisotopic (exact) mass is 461 g/mol. The number of halogens is 1. The van der Waals surface area contributed by atoms with E-state index in [9.17, 15) is 0 Å². The summed E-state index contributed by atoms with van der Waals surface area (Å²) < 4.78 is 4.90. The van der Waals surface area contributed by atoms with Gasteiger partial charge < -0.3 is 14.7 Å². The molecule has 3 rings (SSSR count). The summed E-state index contributed by atoms with van der Waals surface area (Å²) in [7, 11) is 0. The van der Waals surface area contributed by atoms with Crippen molar-refractivity contribution in [2.75, 3.05) is 32.7 Å². The van der Waals surface area contributed by atoms with Gasteiger partial charge in [-0.15, -0.1) is 24.0 Å². The molecule has 0 atom stereocenters. The average molecular weight is 461 g/mol. The molecule has 1 saturated heterocycles. The van der Waals surface area contributed by atoms with Crippen molar-refractivity contribution in [1.82, 2.24) is 20.3 Å². The van der Waals surface area contributed by atoms with Gasteiger partial charge in [0.1, 0.15) is 6.26 Å². The second-order valence-corrected chi connectivity index (χ2v) is 6.34. The molecule has 24 heavy (non-hydrogen) atoms. The summed E-state index contributed by atoms with van der Waals surface area (Å²) in [6, 6.07) is 4.06. The van der Waals surface area contributed by atoms with Crippen molar-refractivity contribution in [3.8, 4) is 0 Å². The van der Waals surface area contributed by atoms with E-state index in [2.05, 4.69) is 44.0 Å². The molecule has 1 aliphatic rings. The summed E-state index contributed by atoms with van der Waals surface area (Å²) in [6.45, 7) is 8.58. The van der Waals surface area contributed by atoms with Crippen molar-refractivity contribution >= 4 is 41.3 Å². The van der Waals surface area contributed by atoms with Gasteiger partial charge in [-0.25, -0.2) is 4.99 Å². The lowest BCUT2D eigenvalue weighted by Gasteiger charge is -2.36. The number of thiophene rings is 1.